The molecule has 2 aromatic rings. The van der Waals surface area contributed by atoms with Crippen LogP contribution in [0.1, 0.15) is 37.0 Å². The molecule has 7 nitrogen and oxygen atoms in total. The number of nitrogens with zero attached hydrogens (tertiary/aromatic N) is 6. The number of amides is 1. The van der Waals surface area contributed by atoms with Crippen molar-refractivity contribution in [2.75, 3.05) is 13.1 Å². The SMILES string of the molecule is Cc1nc(C)n(C2CCCN(C(=O)CCn3ccnc3)C2)n1. The highest BCUT2D eigenvalue weighted by Crippen LogP contribution is 2.22. The minimum absolute atomic E-state index is 0.202. The molecule has 3 rings (SSSR count). The number of aromatic nitrogens is 5. The lowest BCUT2D eigenvalue weighted by Gasteiger charge is -2.33. The molecule has 22 heavy (non-hydrogen) atoms. The van der Waals surface area contributed by atoms with Crippen LogP contribution in [-0.2, 0) is 11.3 Å². The summed E-state index contributed by atoms with van der Waals surface area (Å²) in [7, 11) is 0. The number of hydrogen-bond acceptors (Lipinski definition) is 4. The van der Waals surface area contributed by atoms with Gasteiger partial charge in [0.1, 0.15) is 11.6 Å². The van der Waals surface area contributed by atoms with Crippen molar-refractivity contribution in [3.8, 4) is 0 Å². The van der Waals surface area contributed by atoms with Crippen LogP contribution in [0.3, 0.4) is 0 Å². The molecule has 0 saturated carbocycles. The largest absolute Gasteiger partial charge is 0.340 e. The first-order chi connectivity index (χ1) is 10.6. The fourth-order valence-corrected chi connectivity index (χ4v) is 3.06. The van der Waals surface area contributed by atoms with Crippen LogP contribution in [0.2, 0.25) is 0 Å². The quantitative estimate of drug-likeness (QED) is 0.855. The average Bonchev–Trinajstić information content (AvgIpc) is 3.14. The maximum absolute atomic E-state index is 12.4. The van der Waals surface area contributed by atoms with E-state index in [4.69, 9.17) is 0 Å². The van der Waals surface area contributed by atoms with Gasteiger partial charge in [0.2, 0.25) is 5.91 Å². The molecule has 7 heteroatoms. The molecule has 1 aliphatic rings. The molecule has 1 saturated heterocycles. The van der Waals surface area contributed by atoms with Crippen LogP contribution >= 0.6 is 0 Å². The number of imidazole rings is 1. The van der Waals surface area contributed by atoms with Gasteiger partial charge in [-0.3, -0.25) is 4.79 Å². The summed E-state index contributed by atoms with van der Waals surface area (Å²) < 4.78 is 3.91. The predicted octanol–water partition coefficient (Wildman–Crippen LogP) is 1.35. The molecule has 1 fully saturated rings. The lowest BCUT2D eigenvalue weighted by molar-refractivity contribution is -0.133. The minimum Gasteiger partial charge on any atom is -0.340 e. The topological polar surface area (TPSA) is 68.8 Å². The molecule has 0 radical (unpaired) electrons. The van der Waals surface area contributed by atoms with Gasteiger partial charge in [0.15, 0.2) is 0 Å². The molecule has 118 valence electrons. The van der Waals surface area contributed by atoms with Crippen LogP contribution in [0, 0.1) is 13.8 Å². The Bertz CT molecular complexity index is 633. The van der Waals surface area contributed by atoms with Crippen molar-refractivity contribution in [3.05, 3.63) is 30.4 Å². The molecule has 2 aromatic heterocycles. The maximum Gasteiger partial charge on any atom is 0.224 e. The Balaban J connectivity index is 1.60. The van der Waals surface area contributed by atoms with Crippen molar-refractivity contribution in [3.63, 3.8) is 0 Å². The zero-order valence-electron chi connectivity index (χ0n) is 13.1. The van der Waals surface area contributed by atoms with E-state index in [1.165, 1.54) is 0 Å². The Morgan fingerprint density at radius 2 is 2.27 bits per heavy atom. The number of likely N-dealkylation sites (tertiary alicyclic amines) is 1. The molecular formula is C15H22N6O. The first-order valence-electron chi connectivity index (χ1n) is 7.77. The van der Waals surface area contributed by atoms with E-state index in [2.05, 4.69) is 15.1 Å². The molecule has 1 unspecified atom stereocenters. The average molecular weight is 302 g/mol. The molecule has 3 heterocycles. The zero-order valence-corrected chi connectivity index (χ0v) is 13.1. The van der Waals surface area contributed by atoms with Crippen molar-refractivity contribution >= 4 is 5.91 Å². The summed E-state index contributed by atoms with van der Waals surface area (Å²) in [6.45, 7) is 6.13. The molecule has 0 spiro atoms. The van der Waals surface area contributed by atoms with Crippen LogP contribution in [0.25, 0.3) is 0 Å². The Labute approximate surface area is 130 Å². The summed E-state index contributed by atoms with van der Waals surface area (Å²) in [6.07, 6.45) is 7.94. The van der Waals surface area contributed by atoms with E-state index in [1.807, 2.05) is 34.2 Å². The lowest BCUT2D eigenvalue weighted by atomic mass is 10.1. The predicted molar refractivity (Wildman–Crippen MR) is 81.2 cm³/mol. The number of aryl methyl sites for hydroxylation is 3. The second kappa shape index (κ2) is 6.29. The van der Waals surface area contributed by atoms with Gasteiger partial charge in [0.05, 0.1) is 12.4 Å². The molecule has 0 N–H and O–H groups in total. The Morgan fingerprint density at radius 3 is 2.95 bits per heavy atom. The van der Waals surface area contributed by atoms with Gasteiger partial charge in [0, 0.05) is 38.4 Å². The van der Waals surface area contributed by atoms with Gasteiger partial charge < -0.3 is 9.47 Å². The lowest BCUT2D eigenvalue weighted by Crippen LogP contribution is -2.41. The maximum atomic E-state index is 12.4. The van der Waals surface area contributed by atoms with Crippen molar-refractivity contribution in [2.45, 2.75) is 45.7 Å². The number of hydrogen-bond donors (Lipinski definition) is 0. The number of carbonyl (C=O) groups is 1. The van der Waals surface area contributed by atoms with E-state index in [-0.39, 0.29) is 11.9 Å². The minimum atomic E-state index is 0.202. The van der Waals surface area contributed by atoms with E-state index in [1.54, 1.807) is 12.5 Å². The fraction of sp³-hybridized carbons (Fsp3) is 0.600. The smallest absolute Gasteiger partial charge is 0.224 e. The third-order valence-electron chi connectivity index (χ3n) is 4.15. The van der Waals surface area contributed by atoms with Gasteiger partial charge in [-0.05, 0) is 26.7 Å². The van der Waals surface area contributed by atoms with Crippen LogP contribution < -0.4 is 0 Å². The van der Waals surface area contributed by atoms with Crippen molar-refractivity contribution < 1.29 is 4.79 Å². The molecule has 0 bridgehead atoms. The first kappa shape index (κ1) is 14.7. The number of piperidine rings is 1. The molecule has 1 amide bonds. The van der Waals surface area contributed by atoms with Gasteiger partial charge in [-0.25, -0.2) is 14.6 Å². The van der Waals surface area contributed by atoms with Crippen LogP contribution in [0.5, 0.6) is 0 Å². The highest BCUT2D eigenvalue weighted by atomic mass is 16.2. The molecule has 0 aromatic carbocycles. The molecule has 1 aliphatic heterocycles. The second-order valence-corrected chi connectivity index (χ2v) is 5.84. The third kappa shape index (κ3) is 3.18. The van der Waals surface area contributed by atoms with Gasteiger partial charge in [-0.2, -0.15) is 5.10 Å². The van der Waals surface area contributed by atoms with E-state index in [0.29, 0.717) is 13.0 Å². The monoisotopic (exact) mass is 302 g/mol. The fourth-order valence-electron chi connectivity index (χ4n) is 3.06. The van der Waals surface area contributed by atoms with E-state index in [0.717, 1.165) is 37.6 Å². The summed E-state index contributed by atoms with van der Waals surface area (Å²) in [4.78, 5) is 22.7. The zero-order chi connectivity index (χ0) is 15.5. The molecular weight excluding hydrogens is 280 g/mol. The van der Waals surface area contributed by atoms with Gasteiger partial charge in [-0.15, -0.1) is 0 Å². The number of rotatable bonds is 4. The van der Waals surface area contributed by atoms with Crippen molar-refractivity contribution in [1.29, 1.82) is 0 Å². The molecule has 1 atom stereocenters. The standard InChI is InChI=1S/C15H22N6O/c1-12-17-13(2)21(18-12)14-4-3-7-20(10-14)15(22)5-8-19-9-6-16-11-19/h6,9,11,14H,3-5,7-8,10H2,1-2H3. The first-order valence-corrected chi connectivity index (χ1v) is 7.77. The summed E-state index contributed by atoms with van der Waals surface area (Å²) in [5.74, 6) is 1.92. The van der Waals surface area contributed by atoms with Crippen LogP contribution in [-0.4, -0.2) is 48.2 Å². The van der Waals surface area contributed by atoms with Gasteiger partial charge in [-0.1, -0.05) is 0 Å². The van der Waals surface area contributed by atoms with Gasteiger partial charge in [0.25, 0.3) is 0 Å². The Kier molecular flexibility index (Phi) is 4.22. The summed E-state index contributed by atoms with van der Waals surface area (Å²) in [6, 6.07) is 0.243. The summed E-state index contributed by atoms with van der Waals surface area (Å²) in [5.41, 5.74) is 0. The van der Waals surface area contributed by atoms with E-state index < -0.39 is 0 Å². The van der Waals surface area contributed by atoms with Crippen molar-refractivity contribution in [2.24, 2.45) is 0 Å². The van der Waals surface area contributed by atoms with Gasteiger partial charge >= 0.3 is 0 Å². The highest BCUT2D eigenvalue weighted by Gasteiger charge is 2.26. The second-order valence-electron chi connectivity index (χ2n) is 5.84. The summed E-state index contributed by atoms with van der Waals surface area (Å²) >= 11 is 0. The van der Waals surface area contributed by atoms with Crippen LogP contribution in [0.15, 0.2) is 18.7 Å². The highest BCUT2D eigenvalue weighted by molar-refractivity contribution is 5.76. The number of carbonyl (C=O) groups excluding carboxylic acids is 1. The molecule has 0 aliphatic carbocycles. The Morgan fingerprint density at radius 1 is 1.41 bits per heavy atom. The van der Waals surface area contributed by atoms with E-state index in [9.17, 15) is 4.79 Å². The summed E-state index contributed by atoms with van der Waals surface area (Å²) in [5, 5.41) is 4.47. The third-order valence-corrected chi connectivity index (χ3v) is 4.15. The normalized spacial score (nSPS) is 18.6. The van der Waals surface area contributed by atoms with E-state index >= 15 is 0 Å². The van der Waals surface area contributed by atoms with Crippen molar-refractivity contribution in [1.82, 2.24) is 29.2 Å². The Hall–Kier alpha value is -2.18. The van der Waals surface area contributed by atoms with Crippen LogP contribution in [0.4, 0.5) is 0 Å².